The second-order valence-corrected chi connectivity index (χ2v) is 6.41. The van der Waals surface area contributed by atoms with Crippen LogP contribution in [0.3, 0.4) is 0 Å². The van der Waals surface area contributed by atoms with Crippen LogP contribution in [0.2, 0.25) is 0 Å². The molecule has 3 nitrogen and oxygen atoms in total. The molecule has 0 saturated carbocycles. The summed E-state index contributed by atoms with van der Waals surface area (Å²) < 4.78 is 5.50. The third-order valence-electron chi connectivity index (χ3n) is 4.20. The van der Waals surface area contributed by atoms with Gasteiger partial charge in [-0.2, -0.15) is 0 Å². The van der Waals surface area contributed by atoms with Crippen LogP contribution in [0.25, 0.3) is 0 Å². The van der Waals surface area contributed by atoms with Gasteiger partial charge in [0.1, 0.15) is 5.75 Å². The number of nitrogen functional groups attached to an aromatic ring is 1. The van der Waals surface area contributed by atoms with Crippen molar-refractivity contribution in [1.82, 2.24) is 0 Å². The van der Waals surface area contributed by atoms with E-state index in [1.54, 1.807) is 18.9 Å². The van der Waals surface area contributed by atoms with E-state index in [2.05, 4.69) is 35.4 Å². The van der Waals surface area contributed by atoms with Crippen molar-refractivity contribution in [2.24, 2.45) is 0 Å². The summed E-state index contributed by atoms with van der Waals surface area (Å²) in [5, 5.41) is 0. The minimum atomic E-state index is 0. The van der Waals surface area contributed by atoms with Crippen molar-refractivity contribution in [3.8, 4) is 5.75 Å². The van der Waals surface area contributed by atoms with Crippen molar-refractivity contribution in [3.63, 3.8) is 0 Å². The van der Waals surface area contributed by atoms with Gasteiger partial charge in [0.2, 0.25) is 0 Å². The number of ether oxygens (including phenoxy) is 1. The highest BCUT2D eigenvalue weighted by Gasteiger charge is 2.19. The molecule has 0 radical (unpaired) electrons. The van der Waals surface area contributed by atoms with Crippen LogP contribution >= 0.6 is 24.2 Å². The normalized spacial score (nSPS) is 13.2. The fourth-order valence-electron chi connectivity index (χ4n) is 3.09. The largest absolute Gasteiger partial charge is 0.496 e. The molecule has 0 aromatic heterocycles. The maximum Gasteiger partial charge on any atom is 0.132 e. The number of methoxy groups -OCH3 is 1. The lowest BCUT2D eigenvalue weighted by atomic mass is 9.99. The van der Waals surface area contributed by atoms with E-state index in [1.165, 1.54) is 21.7 Å². The molecule has 1 heterocycles. The molecule has 0 spiro atoms. The first-order valence-corrected chi connectivity index (χ1v) is 8.78. The summed E-state index contributed by atoms with van der Waals surface area (Å²) in [6, 6.07) is 12.7. The van der Waals surface area contributed by atoms with Gasteiger partial charge in [0, 0.05) is 29.4 Å². The summed E-state index contributed by atoms with van der Waals surface area (Å²) in [7, 11) is 1.73. The van der Waals surface area contributed by atoms with Gasteiger partial charge in [0.25, 0.3) is 0 Å². The van der Waals surface area contributed by atoms with Crippen LogP contribution in [0.15, 0.2) is 41.3 Å². The van der Waals surface area contributed by atoms with Gasteiger partial charge in [-0.05, 0) is 54.5 Å². The number of nitrogens with zero attached hydrogens (tertiary/aromatic N) is 1. The Kier molecular flexibility index (Phi) is 6.08. The summed E-state index contributed by atoms with van der Waals surface area (Å²) in [4.78, 5) is 3.59. The fraction of sp³-hybridized carbons (Fsp3) is 0.333. The van der Waals surface area contributed by atoms with E-state index in [1.807, 2.05) is 12.1 Å². The topological polar surface area (TPSA) is 38.5 Å². The van der Waals surface area contributed by atoms with Crippen LogP contribution in [-0.2, 0) is 13.0 Å². The molecule has 1 aliphatic heterocycles. The number of rotatable bonds is 4. The summed E-state index contributed by atoms with van der Waals surface area (Å²) in [6.07, 6.45) is 4.30. The van der Waals surface area contributed by atoms with Crippen LogP contribution in [0.1, 0.15) is 17.5 Å². The van der Waals surface area contributed by atoms with E-state index in [0.29, 0.717) is 0 Å². The number of nitrogens with two attached hydrogens (primary N) is 1. The first-order chi connectivity index (χ1) is 10.7. The standard InChI is InChI=1S/C18H22N2OS.ClH/c1-21-17-11-13(8-9-18(17)22-2)12-20-10-4-5-14-15(19)6-3-7-16(14)20;/h3,6-9,11H,4-5,10,12,19H2,1-2H3;1H. The number of hydrogen-bond donors (Lipinski definition) is 1. The average Bonchev–Trinajstić information content (AvgIpc) is 2.55. The Bertz CT molecular complexity index is 678. The molecule has 0 unspecified atom stereocenters. The molecule has 124 valence electrons. The van der Waals surface area contributed by atoms with Crippen molar-refractivity contribution in [3.05, 3.63) is 47.5 Å². The van der Waals surface area contributed by atoms with Crippen molar-refractivity contribution in [2.75, 3.05) is 30.5 Å². The van der Waals surface area contributed by atoms with E-state index < -0.39 is 0 Å². The van der Waals surface area contributed by atoms with Crippen LogP contribution < -0.4 is 15.4 Å². The molecule has 0 aliphatic carbocycles. The smallest absolute Gasteiger partial charge is 0.132 e. The van der Waals surface area contributed by atoms with Crippen molar-refractivity contribution in [1.29, 1.82) is 0 Å². The third-order valence-corrected chi connectivity index (χ3v) is 4.98. The van der Waals surface area contributed by atoms with Gasteiger partial charge in [-0.15, -0.1) is 24.2 Å². The number of fused-ring (bicyclic) bond motifs is 1. The number of benzene rings is 2. The highest BCUT2D eigenvalue weighted by atomic mass is 35.5. The lowest BCUT2D eigenvalue weighted by Crippen LogP contribution is -2.29. The molecule has 2 N–H and O–H groups in total. The summed E-state index contributed by atoms with van der Waals surface area (Å²) in [5.74, 6) is 0.954. The predicted octanol–water partition coefficient (Wildman–Crippen LogP) is 4.37. The number of hydrogen-bond acceptors (Lipinski definition) is 4. The van der Waals surface area contributed by atoms with Gasteiger partial charge < -0.3 is 15.4 Å². The monoisotopic (exact) mass is 350 g/mol. The molecule has 1 aliphatic rings. The Morgan fingerprint density at radius 1 is 1.26 bits per heavy atom. The second-order valence-electron chi connectivity index (χ2n) is 5.56. The molecule has 0 atom stereocenters. The average molecular weight is 351 g/mol. The maximum absolute atomic E-state index is 6.13. The maximum atomic E-state index is 6.13. The number of anilines is 2. The molecule has 0 fully saturated rings. The van der Waals surface area contributed by atoms with Gasteiger partial charge in [-0.1, -0.05) is 12.1 Å². The molecule has 2 aromatic rings. The first kappa shape index (κ1) is 17.8. The molecule has 3 rings (SSSR count). The van der Waals surface area contributed by atoms with Gasteiger partial charge >= 0.3 is 0 Å². The number of thioether (sulfide) groups is 1. The van der Waals surface area contributed by atoms with E-state index in [4.69, 9.17) is 10.5 Å². The second kappa shape index (κ2) is 7.84. The Morgan fingerprint density at radius 3 is 2.83 bits per heavy atom. The highest BCUT2D eigenvalue weighted by Crippen LogP contribution is 2.33. The van der Waals surface area contributed by atoms with Crippen LogP contribution in [0.4, 0.5) is 11.4 Å². The lowest BCUT2D eigenvalue weighted by Gasteiger charge is -2.32. The van der Waals surface area contributed by atoms with Crippen LogP contribution in [0, 0.1) is 0 Å². The first-order valence-electron chi connectivity index (χ1n) is 7.56. The van der Waals surface area contributed by atoms with Gasteiger partial charge in [0.05, 0.1) is 7.11 Å². The molecule has 2 aromatic carbocycles. The van der Waals surface area contributed by atoms with Gasteiger partial charge in [0.15, 0.2) is 0 Å². The van der Waals surface area contributed by atoms with Crippen LogP contribution in [-0.4, -0.2) is 19.9 Å². The minimum absolute atomic E-state index is 0. The Balaban J connectivity index is 0.00000192. The SMILES string of the molecule is COc1cc(CN2CCCc3c(N)cccc32)ccc1SC.Cl. The predicted molar refractivity (Wildman–Crippen MR) is 102 cm³/mol. The molecule has 0 saturated heterocycles. The summed E-state index contributed by atoms with van der Waals surface area (Å²) in [6.45, 7) is 1.96. The van der Waals surface area contributed by atoms with E-state index in [0.717, 1.165) is 37.4 Å². The quantitative estimate of drug-likeness (QED) is 0.656. The summed E-state index contributed by atoms with van der Waals surface area (Å²) in [5.41, 5.74) is 10.9. The Labute approximate surface area is 148 Å². The van der Waals surface area contributed by atoms with E-state index >= 15 is 0 Å². The molecule has 23 heavy (non-hydrogen) atoms. The molecule has 0 amide bonds. The van der Waals surface area contributed by atoms with E-state index in [-0.39, 0.29) is 12.4 Å². The number of halogens is 1. The zero-order valence-corrected chi connectivity index (χ0v) is 15.2. The van der Waals surface area contributed by atoms with Crippen LogP contribution in [0.5, 0.6) is 5.75 Å². The van der Waals surface area contributed by atoms with Crippen molar-refractivity contribution in [2.45, 2.75) is 24.3 Å². The van der Waals surface area contributed by atoms with E-state index in [9.17, 15) is 0 Å². The van der Waals surface area contributed by atoms with Crippen molar-refractivity contribution < 1.29 is 4.74 Å². The molecular weight excluding hydrogens is 328 g/mol. The van der Waals surface area contributed by atoms with Crippen molar-refractivity contribution >= 4 is 35.5 Å². The molecule has 0 bridgehead atoms. The lowest BCUT2D eigenvalue weighted by molar-refractivity contribution is 0.404. The Morgan fingerprint density at radius 2 is 2.09 bits per heavy atom. The van der Waals surface area contributed by atoms with Gasteiger partial charge in [-0.3, -0.25) is 0 Å². The zero-order chi connectivity index (χ0) is 15.5. The third kappa shape index (κ3) is 3.70. The Hall–Kier alpha value is -1.52. The molecule has 5 heteroatoms. The fourth-order valence-corrected chi connectivity index (χ4v) is 3.64. The minimum Gasteiger partial charge on any atom is -0.496 e. The zero-order valence-electron chi connectivity index (χ0n) is 13.5. The highest BCUT2D eigenvalue weighted by molar-refractivity contribution is 7.98. The molecular formula is C18H23ClN2OS. The van der Waals surface area contributed by atoms with Gasteiger partial charge in [-0.25, -0.2) is 0 Å². The summed E-state index contributed by atoms with van der Waals surface area (Å²) >= 11 is 1.71.